The van der Waals surface area contributed by atoms with Gasteiger partial charge in [0.25, 0.3) is 5.56 Å². The van der Waals surface area contributed by atoms with Crippen LogP contribution in [0.2, 0.25) is 0 Å². The summed E-state index contributed by atoms with van der Waals surface area (Å²) in [7, 11) is 0. The molecule has 1 amide bonds. The maximum atomic E-state index is 13.4. The van der Waals surface area contributed by atoms with Crippen LogP contribution in [-0.4, -0.2) is 57.3 Å². The van der Waals surface area contributed by atoms with E-state index in [0.29, 0.717) is 48.9 Å². The summed E-state index contributed by atoms with van der Waals surface area (Å²) in [6.45, 7) is 5.23. The van der Waals surface area contributed by atoms with E-state index in [4.69, 9.17) is 4.98 Å². The monoisotopic (exact) mass is 519 g/mol. The number of thioether (sulfide) groups is 1. The first kappa shape index (κ1) is 25.1. The standard InChI is InChI=1S/C28H30FN5O2S/c1-2-3-13-34-27(36)26-25(23(18-30-26)20-7-5-4-6-8-20)31-28(34)37-19-24(35)33-16-14-32(15-17-33)22-11-9-21(29)10-12-22/h4-12,18,30H,2-3,13-17,19H2,1H3. The van der Waals surface area contributed by atoms with Crippen LogP contribution in [0.15, 0.2) is 70.7 Å². The average molecular weight is 520 g/mol. The third-order valence-electron chi connectivity index (χ3n) is 6.72. The van der Waals surface area contributed by atoms with Gasteiger partial charge in [-0.25, -0.2) is 9.37 Å². The lowest BCUT2D eigenvalue weighted by atomic mass is 10.1. The van der Waals surface area contributed by atoms with Gasteiger partial charge in [-0.2, -0.15) is 0 Å². The van der Waals surface area contributed by atoms with Gasteiger partial charge in [-0.15, -0.1) is 0 Å². The molecule has 2 aromatic heterocycles. The minimum Gasteiger partial charge on any atom is -0.368 e. The lowest BCUT2D eigenvalue weighted by molar-refractivity contribution is -0.128. The quantitative estimate of drug-likeness (QED) is 0.268. The first-order valence-electron chi connectivity index (χ1n) is 12.6. The zero-order valence-electron chi connectivity index (χ0n) is 20.8. The number of carbonyl (C=O) groups is 1. The molecular formula is C28H30FN5O2S. The second-order valence-electron chi connectivity index (χ2n) is 9.13. The van der Waals surface area contributed by atoms with E-state index in [1.165, 1.54) is 23.9 Å². The molecule has 1 N–H and O–H groups in total. The van der Waals surface area contributed by atoms with Crippen molar-refractivity contribution < 1.29 is 9.18 Å². The third-order valence-corrected chi connectivity index (χ3v) is 7.68. The summed E-state index contributed by atoms with van der Waals surface area (Å²) in [6, 6.07) is 16.3. The van der Waals surface area contributed by atoms with Crippen LogP contribution in [0.25, 0.3) is 22.2 Å². The number of hydrogen-bond donors (Lipinski definition) is 1. The minimum atomic E-state index is -0.255. The number of aromatic nitrogens is 3. The Hall–Kier alpha value is -3.59. The number of fused-ring (bicyclic) bond motifs is 1. The van der Waals surface area contributed by atoms with Gasteiger partial charge in [0.15, 0.2) is 5.16 Å². The van der Waals surface area contributed by atoms with Gasteiger partial charge in [0.2, 0.25) is 5.91 Å². The normalized spacial score (nSPS) is 13.9. The van der Waals surface area contributed by atoms with E-state index >= 15 is 0 Å². The number of hydrogen-bond acceptors (Lipinski definition) is 5. The van der Waals surface area contributed by atoms with Gasteiger partial charge in [-0.1, -0.05) is 55.4 Å². The van der Waals surface area contributed by atoms with E-state index in [1.54, 1.807) is 16.7 Å². The topological polar surface area (TPSA) is 74.2 Å². The summed E-state index contributed by atoms with van der Waals surface area (Å²) >= 11 is 1.33. The summed E-state index contributed by atoms with van der Waals surface area (Å²) in [6.07, 6.45) is 3.64. The predicted molar refractivity (Wildman–Crippen MR) is 147 cm³/mol. The molecule has 0 aliphatic carbocycles. The molecule has 0 saturated carbocycles. The van der Waals surface area contributed by atoms with E-state index in [2.05, 4.69) is 16.8 Å². The van der Waals surface area contributed by atoms with Crippen molar-refractivity contribution in [2.45, 2.75) is 31.5 Å². The second-order valence-corrected chi connectivity index (χ2v) is 10.1. The molecule has 0 atom stereocenters. The number of aromatic amines is 1. The molecule has 0 radical (unpaired) electrons. The van der Waals surface area contributed by atoms with Crippen LogP contribution in [0, 0.1) is 5.82 Å². The van der Waals surface area contributed by atoms with Crippen molar-refractivity contribution in [3.63, 3.8) is 0 Å². The molecular weight excluding hydrogens is 489 g/mol. The number of benzene rings is 2. The molecule has 1 aliphatic heterocycles. The Kier molecular flexibility index (Phi) is 7.60. The summed E-state index contributed by atoms with van der Waals surface area (Å²) in [4.78, 5) is 38.5. The Morgan fingerprint density at radius 1 is 1.05 bits per heavy atom. The molecule has 1 aliphatic rings. The van der Waals surface area contributed by atoms with Gasteiger partial charge < -0.3 is 14.8 Å². The highest BCUT2D eigenvalue weighted by molar-refractivity contribution is 7.99. The Bertz CT molecular complexity index is 1430. The van der Waals surface area contributed by atoms with Crippen molar-refractivity contribution in [1.82, 2.24) is 19.4 Å². The first-order chi connectivity index (χ1) is 18.0. The molecule has 37 heavy (non-hydrogen) atoms. The lowest BCUT2D eigenvalue weighted by Gasteiger charge is -2.36. The van der Waals surface area contributed by atoms with Gasteiger partial charge in [0.05, 0.1) is 5.75 Å². The Labute approximate surface area is 219 Å². The fourth-order valence-corrected chi connectivity index (χ4v) is 5.54. The average Bonchev–Trinajstić information content (AvgIpc) is 3.36. The van der Waals surface area contributed by atoms with Crippen molar-refractivity contribution in [2.24, 2.45) is 0 Å². The molecule has 1 saturated heterocycles. The zero-order chi connectivity index (χ0) is 25.8. The second kappa shape index (κ2) is 11.2. The van der Waals surface area contributed by atoms with Crippen LogP contribution in [0.3, 0.4) is 0 Å². The van der Waals surface area contributed by atoms with Crippen molar-refractivity contribution in [3.8, 4) is 11.1 Å². The number of carbonyl (C=O) groups excluding carboxylic acids is 1. The molecule has 9 heteroatoms. The predicted octanol–water partition coefficient (Wildman–Crippen LogP) is 4.77. The molecule has 192 valence electrons. The molecule has 3 heterocycles. The van der Waals surface area contributed by atoms with Crippen LogP contribution < -0.4 is 10.5 Å². The molecule has 0 unspecified atom stereocenters. The number of unbranched alkanes of at least 4 members (excludes halogenated alkanes) is 1. The number of nitrogens with one attached hydrogen (secondary N) is 1. The van der Waals surface area contributed by atoms with Crippen molar-refractivity contribution in [3.05, 3.63) is 77.0 Å². The van der Waals surface area contributed by atoms with Crippen LogP contribution in [-0.2, 0) is 11.3 Å². The van der Waals surface area contributed by atoms with Crippen LogP contribution in [0.5, 0.6) is 0 Å². The third kappa shape index (κ3) is 5.41. The summed E-state index contributed by atoms with van der Waals surface area (Å²) < 4.78 is 14.9. The Morgan fingerprint density at radius 2 is 1.78 bits per heavy atom. The van der Waals surface area contributed by atoms with Crippen molar-refractivity contribution >= 4 is 34.4 Å². The molecule has 7 nitrogen and oxygen atoms in total. The van der Waals surface area contributed by atoms with Gasteiger partial charge in [0.1, 0.15) is 16.9 Å². The SMILES string of the molecule is CCCCn1c(SCC(=O)N2CCN(c3ccc(F)cc3)CC2)nc2c(-c3ccccc3)c[nH]c2c1=O. The van der Waals surface area contributed by atoms with E-state index in [9.17, 15) is 14.0 Å². The van der Waals surface area contributed by atoms with Crippen LogP contribution >= 0.6 is 11.8 Å². The number of piperazine rings is 1. The van der Waals surface area contributed by atoms with E-state index in [0.717, 1.165) is 29.7 Å². The van der Waals surface area contributed by atoms with Gasteiger partial charge in [-0.3, -0.25) is 14.2 Å². The smallest absolute Gasteiger partial charge is 0.278 e. The highest BCUT2D eigenvalue weighted by atomic mass is 32.2. The highest BCUT2D eigenvalue weighted by Crippen LogP contribution is 2.28. The van der Waals surface area contributed by atoms with E-state index in [1.807, 2.05) is 41.4 Å². The number of rotatable bonds is 8. The van der Waals surface area contributed by atoms with Gasteiger partial charge in [-0.05, 0) is 36.2 Å². The summed E-state index contributed by atoms with van der Waals surface area (Å²) in [5.41, 5.74) is 3.83. The van der Waals surface area contributed by atoms with Gasteiger partial charge >= 0.3 is 0 Å². The molecule has 5 rings (SSSR count). The maximum absolute atomic E-state index is 13.4. The maximum Gasteiger partial charge on any atom is 0.278 e. The van der Waals surface area contributed by atoms with Crippen molar-refractivity contribution in [1.29, 1.82) is 0 Å². The largest absolute Gasteiger partial charge is 0.368 e. The number of nitrogens with zero attached hydrogens (tertiary/aromatic N) is 4. The summed E-state index contributed by atoms with van der Waals surface area (Å²) in [5.74, 6) is -0.0158. The van der Waals surface area contributed by atoms with E-state index in [-0.39, 0.29) is 23.0 Å². The van der Waals surface area contributed by atoms with Crippen LogP contribution in [0.4, 0.5) is 10.1 Å². The van der Waals surface area contributed by atoms with Crippen LogP contribution in [0.1, 0.15) is 19.8 Å². The molecule has 0 bridgehead atoms. The molecule has 2 aromatic carbocycles. The Balaban J connectivity index is 1.32. The first-order valence-corrected chi connectivity index (χ1v) is 13.6. The number of H-pyrrole nitrogens is 1. The number of halogens is 1. The molecule has 0 spiro atoms. The fourth-order valence-electron chi connectivity index (χ4n) is 4.62. The fraction of sp³-hybridized carbons (Fsp3) is 0.321. The highest BCUT2D eigenvalue weighted by Gasteiger charge is 2.23. The molecule has 4 aromatic rings. The van der Waals surface area contributed by atoms with Gasteiger partial charge in [0, 0.05) is 50.2 Å². The van der Waals surface area contributed by atoms with E-state index < -0.39 is 0 Å². The summed E-state index contributed by atoms with van der Waals surface area (Å²) in [5, 5.41) is 0.570. The zero-order valence-corrected chi connectivity index (χ0v) is 21.6. The van der Waals surface area contributed by atoms with Crippen molar-refractivity contribution in [2.75, 3.05) is 36.8 Å². The Morgan fingerprint density at radius 3 is 2.49 bits per heavy atom. The molecule has 1 fully saturated rings. The lowest BCUT2D eigenvalue weighted by Crippen LogP contribution is -2.49. The minimum absolute atomic E-state index is 0.0255. The number of amides is 1. The number of anilines is 1.